The van der Waals surface area contributed by atoms with Crippen LogP contribution >= 0.6 is 0 Å². The molecule has 0 aliphatic carbocycles. The normalized spacial score (nSPS) is 34.9. The van der Waals surface area contributed by atoms with Gasteiger partial charge in [0, 0.05) is 37.2 Å². The fraction of sp³-hybridized carbons (Fsp3) is 0.667. The molecule has 0 bridgehead atoms. The molecule has 114 valence electrons. The Hall–Kier alpha value is -1.06. The van der Waals surface area contributed by atoms with Crippen molar-refractivity contribution in [1.82, 2.24) is 10.2 Å². The number of nitrogens with one attached hydrogen (secondary N) is 1. The molecule has 2 fully saturated rings. The number of ether oxygens (including phenoxy) is 1. The predicted octanol–water partition coefficient (Wildman–Crippen LogP) is 2.97. The van der Waals surface area contributed by atoms with Crippen molar-refractivity contribution in [2.45, 2.75) is 50.8 Å². The molecule has 1 aromatic carbocycles. The van der Waals surface area contributed by atoms with Crippen LogP contribution in [0.2, 0.25) is 0 Å². The van der Waals surface area contributed by atoms with E-state index in [-0.39, 0.29) is 5.60 Å². The van der Waals surface area contributed by atoms with E-state index in [1.165, 1.54) is 38.0 Å². The summed E-state index contributed by atoms with van der Waals surface area (Å²) in [5, 5.41) is 3.72. The van der Waals surface area contributed by atoms with E-state index in [0.717, 1.165) is 18.1 Å². The zero-order valence-corrected chi connectivity index (χ0v) is 13.1. The minimum Gasteiger partial charge on any atom is -0.487 e. The third kappa shape index (κ3) is 2.47. The van der Waals surface area contributed by atoms with E-state index in [2.05, 4.69) is 48.3 Å². The van der Waals surface area contributed by atoms with Gasteiger partial charge in [0.15, 0.2) is 0 Å². The number of rotatable bonds is 1. The Balaban J connectivity index is 1.62. The molecule has 3 unspecified atom stereocenters. The van der Waals surface area contributed by atoms with Crippen molar-refractivity contribution >= 4 is 0 Å². The minimum atomic E-state index is -0.0692. The topological polar surface area (TPSA) is 24.5 Å². The van der Waals surface area contributed by atoms with Crippen LogP contribution in [0.15, 0.2) is 24.3 Å². The van der Waals surface area contributed by atoms with E-state index in [4.69, 9.17) is 4.74 Å². The standard InChI is InChI=1S/C18H26N2O/c1-18(2)10-16(14-7-3-4-8-17(14)21-18)20-11-13-6-5-9-19-15(13)12-20/h3-4,7-8,13,15-16,19H,5-6,9-12H2,1-2H3. The number of hydrogen-bond acceptors (Lipinski definition) is 3. The van der Waals surface area contributed by atoms with Gasteiger partial charge in [-0.1, -0.05) is 18.2 Å². The molecule has 21 heavy (non-hydrogen) atoms. The van der Waals surface area contributed by atoms with Gasteiger partial charge in [0.1, 0.15) is 11.4 Å². The first-order valence-corrected chi connectivity index (χ1v) is 8.38. The molecule has 0 radical (unpaired) electrons. The molecule has 4 rings (SSSR count). The molecule has 0 amide bonds. The Bertz CT molecular complexity index is 514. The predicted molar refractivity (Wildman–Crippen MR) is 84.6 cm³/mol. The van der Waals surface area contributed by atoms with E-state index < -0.39 is 0 Å². The van der Waals surface area contributed by atoms with Gasteiger partial charge < -0.3 is 10.1 Å². The highest BCUT2D eigenvalue weighted by Gasteiger charge is 2.42. The Morgan fingerprint density at radius 1 is 1.24 bits per heavy atom. The van der Waals surface area contributed by atoms with Crippen LogP contribution < -0.4 is 10.1 Å². The van der Waals surface area contributed by atoms with Crippen LogP contribution in [0.5, 0.6) is 5.75 Å². The second-order valence-corrected chi connectivity index (χ2v) is 7.54. The number of piperidine rings is 1. The molecule has 0 saturated carbocycles. The van der Waals surface area contributed by atoms with Gasteiger partial charge in [0.25, 0.3) is 0 Å². The molecule has 3 aliphatic heterocycles. The van der Waals surface area contributed by atoms with Crippen molar-refractivity contribution in [2.75, 3.05) is 19.6 Å². The number of fused-ring (bicyclic) bond motifs is 2. The van der Waals surface area contributed by atoms with E-state index in [1.54, 1.807) is 0 Å². The monoisotopic (exact) mass is 286 g/mol. The van der Waals surface area contributed by atoms with Crippen molar-refractivity contribution in [2.24, 2.45) is 5.92 Å². The van der Waals surface area contributed by atoms with Gasteiger partial charge in [-0.25, -0.2) is 0 Å². The third-order valence-electron chi connectivity index (χ3n) is 5.42. The maximum atomic E-state index is 6.19. The SMILES string of the molecule is CC1(C)CC(N2CC3CCCNC3C2)c2ccccc2O1. The van der Waals surface area contributed by atoms with Crippen molar-refractivity contribution in [1.29, 1.82) is 0 Å². The van der Waals surface area contributed by atoms with E-state index in [1.807, 2.05) is 0 Å². The lowest BCUT2D eigenvalue weighted by molar-refractivity contribution is 0.0354. The highest BCUT2D eigenvalue weighted by atomic mass is 16.5. The van der Waals surface area contributed by atoms with E-state index in [0.29, 0.717) is 12.1 Å². The smallest absolute Gasteiger partial charge is 0.124 e. The van der Waals surface area contributed by atoms with Crippen LogP contribution in [0.4, 0.5) is 0 Å². The van der Waals surface area contributed by atoms with E-state index >= 15 is 0 Å². The maximum Gasteiger partial charge on any atom is 0.124 e. The summed E-state index contributed by atoms with van der Waals surface area (Å²) in [5.74, 6) is 1.93. The first kappa shape index (κ1) is 13.6. The second-order valence-electron chi connectivity index (χ2n) is 7.54. The molecule has 0 spiro atoms. The number of hydrogen-bond donors (Lipinski definition) is 1. The van der Waals surface area contributed by atoms with Gasteiger partial charge in [-0.2, -0.15) is 0 Å². The first-order chi connectivity index (χ1) is 10.1. The zero-order valence-electron chi connectivity index (χ0n) is 13.1. The largest absolute Gasteiger partial charge is 0.487 e. The molecular weight excluding hydrogens is 260 g/mol. The zero-order chi connectivity index (χ0) is 14.4. The van der Waals surface area contributed by atoms with Crippen LogP contribution in [0.25, 0.3) is 0 Å². The van der Waals surface area contributed by atoms with Gasteiger partial charge in [0.2, 0.25) is 0 Å². The summed E-state index contributed by atoms with van der Waals surface area (Å²) in [5.41, 5.74) is 1.32. The van der Waals surface area contributed by atoms with Crippen LogP contribution in [-0.2, 0) is 0 Å². The number of para-hydroxylation sites is 1. The lowest BCUT2D eigenvalue weighted by Crippen LogP contribution is -2.42. The molecule has 3 heterocycles. The molecule has 1 aromatic rings. The number of nitrogens with zero attached hydrogens (tertiary/aromatic N) is 1. The second kappa shape index (κ2) is 4.99. The fourth-order valence-electron chi connectivity index (χ4n) is 4.42. The molecule has 1 N–H and O–H groups in total. The first-order valence-electron chi connectivity index (χ1n) is 8.38. The van der Waals surface area contributed by atoms with Crippen molar-refractivity contribution in [3.05, 3.63) is 29.8 Å². The summed E-state index contributed by atoms with van der Waals surface area (Å²) in [4.78, 5) is 2.71. The quantitative estimate of drug-likeness (QED) is 0.859. The van der Waals surface area contributed by atoms with Crippen LogP contribution in [0.3, 0.4) is 0 Å². The van der Waals surface area contributed by atoms with Crippen LogP contribution in [-0.4, -0.2) is 36.2 Å². The number of benzene rings is 1. The van der Waals surface area contributed by atoms with Gasteiger partial charge in [-0.05, 0) is 45.2 Å². The van der Waals surface area contributed by atoms with Crippen LogP contribution in [0.1, 0.15) is 44.7 Å². The van der Waals surface area contributed by atoms with Crippen molar-refractivity contribution in [3.63, 3.8) is 0 Å². The third-order valence-corrected chi connectivity index (χ3v) is 5.42. The molecule has 3 aliphatic rings. The summed E-state index contributed by atoms with van der Waals surface area (Å²) < 4.78 is 6.19. The summed E-state index contributed by atoms with van der Waals surface area (Å²) in [6, 6.07) is 9.83. The van der Waals surface area contributed by atoms with Crippen molar-refractivity contribution in [3.8, 4) is 5.75 Å². The number of likely N-dealkylation sites (tertiary alicyclic amines) is 1. The molecule has 3 heteroatoms. The lowest BCUT2D eigenvalue weighted by atomic mass is 9.89. The van der Waals surface area contributed by atoms with Crippen molar-refractivity contribution < 1.29 is 4.74 Å². The summed E-state index contributed by atoms with van der Waals surface area (Å²) in [6.45, 7) is 8.08. The highest BCUT2D eigenvalue weighted by Crippen LogP contribution is 2.44. The average Bonchev–Trinajstić information content (AvgIpc) is 2.89. The Kier molecular flexibility index (Phi) is 3.23. The van der Waals surface area contributed by atoms with Gasteiger partial charge in [-0.3, -0.25) is 4.90 Å². The summed E-state index contributed by atoms with van der Waals surface area (Å²) in [6.07, 6.45) is 3.82. The van der Waals surface area contributed by atoms with Gasteiger partial charge in [0.05, 0.1) is 0 Å². The highest BCUT2D eigenvalue weighted by molar-refractivity contribution is 5.39. The summed E-state index contributed by atoms with van der Waals surface area (Å²) >= 11 is 0. The molecule has 0 aromatic heterocycles. The van der Waals surface area contributed by atoms with E-state index in [9.17, 15) is 0 Å². The molecule has 3 atom stereocenters. The van der Waals surface area contributed by atoms with Crippen LogP contribution in [0, 0.1) is 5.92 Å². The molecular formula is C18H26N2O. The molecule has 2 saturated heterocycles. The Morgan fingerprint density at radius 2 is 2.10 bits per heavy atom. The Labute approximate surface area is 127 Å². The minimum absolute atomic E-state index is 0.0692. The van der Waals surface area contributed by atoms with Gasteiger partial charge >= 0.3 is 0 Å². The fourth-order valence-corrected chi connectivity index (χ4v) is 4.42. The lowest BCUT2D eigenvalue weighted by Gasteiger charge is -2.41. The molecule has 3 nitrogen and oxygen atoms in total. The van der Waals surface area contributed by atoms with Gasteiger partial charge in [-0.15, -0.1) is 0 Å². The maximum absolute atomic E-state index is 6.19. The summed E-state index contributed by atoms with van der Waals surface area (Å²) in [7, 11) is 0. The average molecular weight is 286 g/mol. The Morgan fingerprint density at radius 3 is 2.95 bits per heavy atom.